The minimum absolute atomic E-state index is 0.360. The number of hydrogen-bond acceptors (Lipinski definition) is 6. The molecular weight excluding hydrogens is 540 g/mol. The van der Waals surface area contributed by atoms with Gasteiger partial charge in [0.15, 0.2) is 0 Å². The Balaban J connectivity index is 1.92. The molecule has 1 aliphatic rings. The number of amides is 1. The Morgan fingerprint density at radius 2 is 1.88 bits per heavy atom. The molecule has 220 valence electrons. The SMILES string of the molecule is CCSCC(CC1CCCCC1)NCc1cc(-c2ccccc2C)c(C(=O)N[C@@H](CCSC)C(=O)O)cc1OC. The molecule has 3 N–H and O–H groups in total. The van der Waals surface area contributed by atoms with Crippen LogP contribution < -0.4 is 15.4 Å². The van der Waals surface area contributed by atoms with E-state index in [9.17, 15) is 14.7 Å². The minimum atomic E-state index is -1.03. The van der Waals surface area contributed by atoms with Gasteiger partial charge in [0.1, 0.15) is 11.8 Å². The van der Waals surface area contributed by atoms with Gasteiger partial charge in [0.05, 0.1) is 12.7 Å². The van der Waals surface area contributed by atoms with Crippen LogP contribution in [0.4, 0.5) is 0 Å². The zero-order chi connectivity index (χ0) is 28.9. The number of methoxy groups -OCH3 is 1. The van der Waals surface area contributed by atoms with Crippen LogP contribution in [0.2, 0.25) is 0 Å². The molecular formula is C32H46N2O4S2. The second-order valence-electron chi connectivity index (χ2n) is 10.6. The molecule has 1 unspecified atom stereocenters. The molecule has 1 saturated carbocycles. The first-order chi connectivity index (χ1) is 19.4. The number of rotatable bonds is 16. The van der Waals surface area contributed by atoms with E-state index in [1.807, 2.05) is 55.3 Å². The van der Waals surface area contributed by atoms with Crippen LogP contribution in [0.15, 0.2) is 36.4 Å². The number of hydrogen-bond donors (Lipinski definition) is 3. The average Bonchev–Trinajstić information content (AvgIpc) is 2.96. The summed E-state index contributed by atoms with van der Waals surface area (Å²) in [6.45, 7) is 4.87. The second kappa shape index (κ2) is 16.9. The van der Waals surface area contributed by atoms with Gasteiger partial charge in [-0.2, -0.15) is 23.5 Å². The van der Waals surface area contributed by atoms with Crippen LogP contribution in [0.5, 0.6) is 5.75 Å². The highest BCUT2D eigenvalue weighted by Gasteiger charge is 2.25. The third kappa shape index (κ3) is 9.45. The number of aliphatic carboxylic acids is 1. The highest BCUT2D eigenvalue weighted by Crippen LogP contribution is 2.34. The number of benzene rings is 2. The fourth-order valence-corrected chi connectivity index (χ4v) is 6.76. The Kier molecular flexibility index (Phi) is 13.7. The largest absolute Gasteiger partial charge is 0.496 e. The van der Waals surface area contributed by atoms with Gasteiger partial charge in [-0.3, -0.25) is 4.79 Å². The van der Waals surface area contributed by atoms with Crippen LogP contribution in [-0.2, 0) is 11.3 Å². The number of carboxylic acids is 1. The predicted octanol–water partition coefficient (Wildman–Crippen LogP) is 6.79. The smallest absolute Gasteiger partial charge is 0.326 e. The summed E-state index contributed by atoms with van der Waals surface area (Å²) in [5.41, 5.74) is 4.20. The van der Waals surface area contributed by atoms with Crippen molar-refractivity contribution >= 4 is 35.4 Å². The van der Waals surface area contributed by atoms with E-state index in [-0.39, 0.29) is 0 Å². The summed E-state index contributed by atoms with van der Waals surface area (Å²) >= 11 is 3.54. The maximum absolute atomic E-state index is 13.6. The molecule has 1 amide bonds. The van der Waals surface area contributed by atoms with Crippen LogP contribution in [0, 0.1) is 12.8 Å². The number of aryl methyl sites for hydroxylation is 1. The molecule has 2 aromatic rings. The Morgan fingerprint density at radius 1 is 1.12 bits per heavy atom. The van der Waals surface area contributed by atoms with Gasteiger partial charge < -0.3 is 20.5 Å². The van der Waals surface area contributed by atoms with Gasteiger partial charge in [-0.1, -0.05) is 63.3 Å². The zero-order valence-electron chi connectivity index (χ0n) is 24.5. The molecule has 3 rings (SSSR count). The Hall–Kier alpha value is -2.16. The van der Waals surface area contributed by atoms with E-state index in [2.05, 4.69) is 17.6 Å². The summed E-state index contributed by atoms with van der Waals surface area (Å²) in [5.74, 6) is 2.81. The summed E-state index contributed by atoms with van der Waals surface area (Å²) in [7, 11) is 1.62. The molecule has 0 spiro atoms. The van der Waals surface area contributed by atoms with Crippen molar-refractivity contribution in [2.75, 3.05) is 30.6 Å². The summed E-state index contributed by atoms with van der Waals surface area (Å²) < 4.78 is 5.79. The lowest BCUT2D eigenvalue weighted by atomic mass is 9.85. The standard InChI is InChI=1S/C32H46N2O4S2/c1-5-40-21-25(17-23-12-7-6-8-13-23)33-20-24-18-27(26-14-10-9-11-22(26)2)28(19-30(24)38-3)31(35)34-29(32(36)37)15-16-39-4/h9-11,14,18-19,23,25,29,33H,5-8,12-13,15-17,20-21H2,1-4H3,(H,34,35)(H,36,37)/t25?,29-/m0/s1. The van der Waals surface area contributed by atoms with Gasteiger partial charge in [0.25, 0.3) is 5.91 Å². The predicted molar refractivity (Wildman–Crippen MR) is 170 cm³/mol. The molecule has 0 radical (unpaired) electrons. The number of carboxylic acid groups (broad SMARTS) is 1. The van der Waals surface area contributed by atoms with E-state index in [4.69, 9.17) is 4.74 Å². The van der Waals surface area contributed by atoms with Crippen molar-refractivity contribution in [3.63, 3.8) is 0 Å². The lowest BCUT2D eigenvalue weighted by molar-refractivity contribution is -0.139. The van der Waals surface area contributed by atoms with Crippen molar-refractivity contribution in [2.45, 2.75) is 77.4 Å². The van der Waals surface area contributed by atoms with E-state index in [0.29, 0.717) is 36.1 Å². The van der Waals surface area contributed by atoms with Gasteiger partial charge in [-0.25, -0.2) is 4.79 Å². The Morgan fingerprint density at radius 3 is 2.52 bits per heavy atom. The second-order valence-corrected chi connectivity index (χ2v) is 13.0. The van der Waals surface area contributed by atoms with Crippen molar-refractivity contribution in [1.82, 2.24) is 10.6 Å². The first-order valence-electron chi connectivity index (χ1n) is 14.5. The number of nitrogens with one attached hydrogen (secondary N) is 2. The summed E-state index contributed by atoms with van der Waals surface area (Å²) in [4.78, 5) is 25.4. The Bertz CT molecular complexity index is 1100. The van der Waals surface area contributed by atoms with Gasteiger partial charge >= 0.3 is 5.97 Å². The fourth-order valence-electron chi connectivity index (χ4n) is 5.52. The third-order valence-electron chi connectivity index (χ3n) is 7.76. The van der Waals surface area contributed by atoms with E-state index < -0.39 is 17.9 Å². The number of thioether (sulfide) groups is 2. The monoisotopic (exact) mass is 586 g/mol. The summed E-state index contributed by atoms with van der Waals surface area (Å²) in [6, 6.07) is 11.3. The van der Waals surface area contributed by atoms with Crippen LogP contribution >= 0.6 is 23.5 Å². The van der Waals surface area contributed by atoms with Gasteiger partial charge in [-0.05, 0) is 72.3 Å². The summed E-state index contributed by atoms with van der Waals surface area (Å²) in [6.07, 6.45) is 10.2. The number of ether oxygens (including phenoxy) is 1. The first-order valence-corrected chi connectivity index (χ1v) is 17.0. The molecule has 2 aromatic carbocycles. The molecule has 8 heteroatoms. The van der Waals surface area contributed by atoms with Crippen molar-refractivity contribution in [3.8, 4) is 16.9 Å². The maximum atomic E-state index is 13.6. The summed E-state index contributed by atoms with van der Waals surface area (Å²) in [5, 5.41) is 16.3. The van der Waals surface area contributed by atoms with Crippen molar-refractivity contribution in [2.24, 2.45) is 5.92 Å². The van der Waals surface area contributed by atoms with E-state index >= 15 is 0 Å². The number of carbonyl (C=O) groups is 2. The lowest BCUT2D eigenvalue weighted by Crippen LogP contribution is -2.41. The van der Waals surface area contributed by atoms with Crippen molar-refractivity contribution < 1.29 is 19.4 Å². The topological polar surface area (TPSA) is 87.7 Å². The van der Waals surface area contributed by atoms with Crippen molar-refractivity contribution in [1.29, 1.82) is 0 Å². The van der Waals surface area contributed by atoms with Crippen LogP contribution in [0.25, 0.3) is 11.1 Å². The van der Waals surface area contributed by atoms with Gasteiger partial charge in [0.2, 0.25) is 0 Å². The molecule has 0 bridgehead atoms. The van der Waals surface area contributed by atoms with E-state index in [1.165, 1.54) is 38.5 Å². The van der Waals surface area contributed by atoms with Crippen molar-refractivity contribution in [3.05, 3.63) is 53.1 Å². The molecule has 0 aliphatic heterocycles. The third-order valence-corrected chi connectivity index (χ3v) is 9.45. The first kappa shape index (κ1) is 32.4. The van der Waals surface area contributed by atoms with E-state index in [0.717, 1.165) is 39.7 Å². The Labute approximate surface area is 248 Å². The molecule has 0 aromatic heterocycles. The molecule has 40 heavy (non-hydrogen) atoms. The highest BCUT2D eigenvalue weighted by atomic mass is 32.2. The fraction of sp³-hybridized carbons (Fsp3) is 0.562. The van der Waals surface area contributed by atoms with Gasteiger partial charge in [-0.15, -0.1) is 0 Å². The molecule has 2 atom stereocenters. The van der Waals surface area contributed by atoms with Crippen LogP contribution in [-0.4, -0.2) is 59.7 Å². The quantitative estimate of drug-likeness (QED) is 0.200. The minimum Gasteiger partial charge on any atom is -0.496 e. The normalized spacial score (nSPS) is 15.4. The molecule has 0 saturated heterocycles. The highest BCUT2D eigenvalue weighted by molar-refractivity contribution is 7.99. The average molecular weight is 587 g/mol. The van der Waals surface area contributed by atoms with Crippen LogP contribution in [0.3, 0.4) is 0 Å². The molecule has 0 heterocycles. The number of carbonyl (C=O) groups excluding carboxylic acids is 1. The lowest BCUT2D eigenvalue weighted by Gasteiger charge is -2.27. The maximum Gasteiger partial charge on any atom is 0.326 e. The molecule has 1 aliphatic carbocycles. The zero-order valence-corrected chi connectivity index (χ0v) is 26.1. The molecule has 1 fully saturated rings. The van der Waals surface area contributed by atoms with Crippen LogP contribution in [0.1, 0.15) is 73.4 Å². The molecule has 6 nitrogen and oxygen atoms in total. The van der Waals surface area contributed by atoms with Gasteiger partial charge in [0, 0.05) is 23.9 Å². The van der Waals surface area contributed by atoms with E-state index in [1.54, 1.807) is 24.9 Å².